The van der Waals surface area contributed by atoms with Gasteiger partial charge in [-0.15, -0.1) is 0 Å². The number of hydrogen-bond acceptors (Lipinski definition) is 5. The molecule has 1 aliphatic rings. The number of nitrogens with two attached hydrogens (primary N) is 1. The molecule has 0 radical (unpaired) electrons. The van der Waals surface area contributed by atoms with E-state index in [9.17, 15) is 0 Å². The first-order chi connectivity index (χ1) is 5.86. The molecule has 1 saturated heterocycles. The first-order valence-corrected chi connectivity index (χ1v) is 3.84. The summed E-state index contributed by atoms with van der Waals surface area (Å²) in [7, 11) is 0. The van der Waals surface area contributed by atoms with E-state index in [0.717, 1.165) is 19.6 Å². The van der Waals surface area contributed by atoms with Gasteiger partial charge in [0.25, 0.3) is 0 Å². The molecule has 1 fully saturated rings. The summed E-state index contributed by atoms with van der Waals surface area (Å²) in [6.45, 7) is 1.59. The highest BCUT2D eigenvalue weighted by atomic mass is 16.7. The van der Waals surface area contributed by atoms with E-state index in [1.807, 2.05) is 0 Å². The molecule has 0 spiro atoms. The Morgan fingerprint density at radius 2 is 2.17 bits per heavy atom. The monoisotopic (exact) mass is 166 g/mol. The highest BCUT2D eigenvalue weighted by Crippen LogP contribution is 2.13. The second kappa shape index (κ2) is 2.94. The maximum absolute atomic E-state index is 5.44. The van der Waals surface area contributed by atoms with E-state index in [2.05, 4.69) is 9.97 Å². The Morgan fingerprint density at radius 3 is 2.75 bits per heavy atom. The van der Waals surface area contributed by atoms with Crippen LogP contribution >= 0.6 is 0 Å². The van der Waals surface area contributed by atoms with Crippen LogP contribution in [0.15, 0.2) is 12.4 Å². The van der Waals surface area contributed by atoms with Crippen LogP contribution in [0, 0.1) is 0 Å². The molecule has 2 N–H and O–H groups in total. The number of nitrogens with zero attached hydrogens (tertiary/aromatic N) is 3. The van der Waals surface area contributed by atoms with Gasteiger partial charge in [-0.1, -0.05) is 0 Å². The number of anilines is 2. The topological polar surface area (TPSA) is 64.3 Å². The van der Waals surface area contributed by atoms with Crippen LogP contribution < -0.4 is 10.8 Å². The zero-order valence-electron chi connectivity index (χ0n) is 6.60. The Morgan fingerprint density at radius 1 is 1.42 bits per heavy atom. The number of hydrogen-bond donors (Lipinski definition) is 1. The molecule has 2 heterocycles. The molecule has 0 aromatic carbocycles. The third-order valence-corrected chi connectivity index (χ3v) is 1.63. The number of hydroxylamine groups is 1. The normalized spacial score (nSPS) is 16.8. The van der Waals surface area contributed by atoms with E-state index in [-0.39, 0.29) is 0 Å². The SMILES string of the molecule is Nc1cnc(N2CCCO2)nc1. The fourth-order valence-electron chi connectivity index (χ4n) is 1.07. The molecule has 1 aliphatic heterocycles. The first kappa shape index (κ1) is 7.30. The van der Waals surface area contributed by atoms with Crippen LogP contribution in [0.1, 0.15) is 6.42 Å². The van der Waals surface area contributed by atoms with E-state index >= 15 is 0 Å². The third kappa shape index (κ3) is 1.31. The van der Waals surface area contributed by atoms with Crippen molar-refractivity contribution in [1.29, 1.82) is 0 Å². The molecule has 0 atom stereocenters. The Balaban J connectivity index is 2.17. The summed E-state index contributed by atoms with van der Waals surface area (Å²) in [6, 6.07) is 0. The van der Waals surface area contributed by atoms with E-state index in [1.165, 1.54) is 0 Å². The van der Waals surface area contributed by atoms with Gasteiger partial charge in [0.1, 0.15) is 0 Å². The maximum Gasteiger partial charge on any atom is 0.249 e. The molecule has 2 rings (SSSR count). The van der Waals surface area contributed by atoms with Gasteiger partial charge in [0.15, 0.2) is 0 Å². The lowest BCUT2D eigenvalue weighted by Crippen LogP contribution is -2.18. The smallest absolute Gasteiger partial charge is 0.249 e. The summed E-state index contributed by atoms with van der Waals surface area (Å²) in [5, 5.41) is 1.68. The lowest BCUT2D eigenvalue weighted by Gasteiger charge is -2.12. The summed E-state index contributed by atoms with van der Waals surface area (Å²) in [5.74, 6) is 0.585. The van der Waals surface area contributed by atoms with E-state index in [4.69, 9.17) is 10.6 Å². The van der Waals surface area contributed by atoms with Crippen molar-refractivity contribution in [1.82, 2.24) is 9.97 Å². The van der Waals surface area contributed by atoms with Crippen molar-refractivity contribution in [3.8, 4) is 0 Å². The summed E-state index contributed by atoms with van der Waals surface area (Å²) in [4.78, 5) is 13.3. The van der Waals surface area contributed by atoms with Gasteiger partial charge >= 0.3 is 0 Å². The molecule has 0 aliphatic carbocycles. The van der Waals surface area contributed by atoms with Gasteiger partial charge in [-0.2, -0.15) is 0 Å². The maximum atomic E-state index is 5.44. The zero-order valence-corrected chi connectivity index (χ0v) is 6.60. The predicted octanol–water partition coefficient (Wildman–Crippen LogP) is 0.200. The molecule has 0 saturated carbocycles. The van der Waals surface area contributed by atoms with Crippen LogP contribution in [-0.4, -0.2) is 23.1 Å². The van der Waals surface area contributed by atoms with Gasteiger partial charge in [0.2, 0.25) is 5.95 Å². The Labute approximate surface area is 70.1 Å². The van der Waals surface area contributed by atoms with Crippen molar-refractivity contribution in [2.24, 2.45) is 0 Å². The summed E-state index contributed by atoms with van der Waals surface area (Å²) in [6.07, 6.45) is 4.17. The van der Waals surface area contributed by atoms with Crippen molar-refractivity contribution in [3.05, 3.63) is 12.4 Å². The molecule has 0 unspecified atom stereocenters. The highest BCUT2D eigenvalue weighted by molar-refractivity contribution is 5.36. The second-order valence-electron chi connectivity index (χ2n) is 2.61. The van der Waals surface area contributed by atoms with Gasteiger partial charge < -0.3 is 5.73 Å². The van der Waals surface area contributed by atoms with Gasteiger partial charge in [0, 0.05) is 0 Å². The van der Waals surface area contributed by atoms with E-state index in [1.54, 1.807) is 17.5 Å². The van der Waals surface area contributed by atoms with Gasteiger partial charge in [0.05, 0.1) is 31.2 Å². The van der Waals surface area contributed by atoms with Gasteiger partial charge in [-0.05, 0) is 6.42 Å². The lowest BCUT2D eigenvalue weighted by molar-refractivity contribution is 0.164. The fraction of sp³-hybridized carbons (Fsp3) is 0.429. The van der Waals surface area contributed by atoms with E-state index in [0.29, 0.717) is 11.6 Å². The highest BCUT2D eigenvalue weighted by Gasteiger charge is 2.15. The zero-order chi connectivity index (χ0) is 8.39. The first-order valence-electron chi connectivity index (χ1n) is 3.84. The van der Waals surface area contributed by atoms with E-state index < -0.39 is 0 Å². The Kier molecular flexibility index (Phi) is 1.79. The van der Waals surface area contributed by atoms with Crippen molar-refractivity contribution >= 4 is 11.6 Å². The van der Waals surface area contributed by atoms with Crippen molar-refractivity contribution < 1.29 is 4.84 Å². The van der Waals surface area contributed by atoms with Crippen molar-refractivity contribution in [2.75, 3.05) is 23.9 Å². The molecular formula is C7H10N4O. The number of rotatable bonds is 1. The van der Waals surface area contributed by atoms with Crippen LogP contribution in [0.2, 0.25) is 0 Å². The quantitative estimate of drug-likeness (QED) is 0.645. The number of nitrogen functional groups attached to an aromatic ring is 1. The molecule has 1 aromatic rings. The molecular weight excluding hydrogens is 156 g/mol. The second-order valence-corrected chi connectivity index (χ2v) is 2.61. The largest absolute Gasteiger partial charge is 0.396 e. The minimum Gasteiger partial charge on any atom is -0.396 e. The predicted molar refractivity (Wildman–Crippen MR) is 44.4 cm³/mol. The van der Waals surface area contributed by atoms with Crippen molar-refractivity contribution in [3.63, 3.8) is 0 Å². The molecule has 5 heteroatoms. The Bertz CT molecular complexity index is 255. The van der Waals surface area contributed by atoms with Crippen LogP contribution in [0.3, 0.4) is 0 Å². The Hall–Kier alpha value is -1.36. The minimum absolute atomic E-state index is 0.568. The van der Waals surface area contributed by atoms with Crippen LogP contribution in [0.25, 0.3) is 0 Å². The standard InChI is InChI=1S/C7H10N4O/c8-6-4-9-7(10-5-6)11-2-1-3-12-11/h4-5H,1-3,8H2. The van der Waals surface area contributed by atoms with Crippen LogP contribution in [-0.2, 0) is 4.84 Å². The fourth-order valence-corrected chi connectivity index (χ4v) is 1.07. The molecule has 0 bridgehead atoms. The molecule has 1 aromatic heterocycles. The number of aromatic nitrogens is 2. The third-order valence-electron chi connectivity index (χ3n) is 1.63. The van der Waals surface area contributed by atoms with Gasteiger partial charge in [-0.25, -0.2) is 15.0 Å². The molecule has 12 heavy (non-hydrogen) atoms. The summed E-state index contributed by atoms with van der Waals surface area (Å²) >= 11 is 0. The van der Waals surface area contributed by atoms with Crippen LogP contribution in [0.4, 0.5) is 11.6 Å². The average molecular weight is 166 g/mol. The molecule has 5 nitrogen and oxygen atoms in total. The van der Waals surface area contributed by atoms with Crippen LogP contribution in [0.5, 0.6) is 0 Å². The summed E-state index contributed by atoms with van der Waals surface area (Å²) < 4.78 is 0. The van der Waals surface area contributed by atoms with Crippen molar-refractivity contribution in [2.45, 2.75) is 6.42 Å². The molecule has 0 amide bonds. The lowest BCUT2D eigenvalue weighted by atomic mass is 10.5. The molecule has 64 valence electrons. The average Bonchev–Trinajstić information content (AvgIpc) is 2.58. The summed E-state index contributed by atoms with van der Waals surface area (Å²) in [5.41, 5.74) is 6.01. The van der Waals surface area contributed by atoms with Gasteiger partial charge in [-0.3, -0.25) is 4.84 Å². The minimum atomic E-state index is 0.568.